The number of hydrogen-bond donors (Lipinski definition) is 1. The summed E-state index contributed by atoms with van der Waals surface area (Å²) >= 11 is 0. The van der Waals surface area contributed by atoms with Crippen molar-refractivity contribution in [3.05, 3.63) is 0 Å². The minimum absolute atomic E-state index is 0.0394. The monoisotopic (exact) mass is 148 g/mol. The standard InChI is InChI=1S/C6H9FO3/c1-6(7)2-4(3-8)10-5(6)9/h4,8H,2-3H2,1H3. The van der Waals surface area contributed by atoms with Crippen LogP contribution in [0.15, 0.2) is 0 Å². The molecule has 1 fully saturated rings. The number of esters is 1. The predicted octanol–water partition coefficient (Wildman–Crippen LogP) is 0.0224. The summed E-state index contributed by atoms with van der Waals surface area (Å²) in [5, 5.41) is 8.47. The van der Waals surface area contributed by atoms with E-state index >= 15 is 0 Å². The number of aliphatic hydroxyl groups excluding tert-OH is 1. The number of halogens is 1. The second-order valence-electron chi connectivity index (χ2n) is 2.61. The van der Waals surface area contributed by atoms with Gasteiger partial charge in [0, 0.05) is 6.42 Å². The molecule has 1 rings (SSSR count). The summed E-state index contributed by atoms with van der Waals surface area (Å²) in [6.45, 7) is 0.857. The van der Waals surface area contributed by atoms with Crippen molar-refractivity contribution in [2.75, 3.05) is 6.61 Å². The lowest BCUT2D eigenvalue weighted by atomic mass is 10.1. The highest BCUT2D eigenvalue weighted by molar-refractivity contribution is 5.81. The number of carbonyl (C=O) groups excluding carboxylic acids is 1. The van der Waals surface area contributed by atoms with E-state index in [9.17, 15) is 9.18 Å². The summed E-state index contributed by atoms with van der Waals surface area (Å²) in [4.78, 5) is 10.6. The molecule has 0 aromatic rings. The summed E-state index contributed by atoms with van der Waals surface area (Å²) in [6.07, 6.45) is -0.690. The normalized spacial score (nSPS) is 39.9. The first-order chi connectivity index (χ1) is 4.56. The molecule has 1 aliphatic heterocycles. The van der Waals surface area contributed by atoms with E-state index in [1.54, 1.807) is 0 Å². The third-order valence-corrected chi connectivity index (χ3v) is 1.51. The van der Waals surface area contributed by atoms with Gasteiger partial charge in [-0.25, -0.2) is 9.18 Å². The number of hydrogen-bond acceptors (Lipinski definition) is 3. The van der Waals surface area contributed by atoms with Crippen molar-refractivity contribution in [2.45, 2.75) is 25.1 Å². The van der Waals surface area contributed by atoms with Crippen LogP contribution in [0.5, 0.6) is 0 Å². The fourth-order valence-electron chi connectivity index (χ4n) is 0.929. The Labute approximate surface area is 57.8 Å². The molecule has 0 amide bonds. The van der Waals surface area contributed by atoms with Gasteiger partial charge in [-0.15, -0.1) is 0 Å². The van der Waals surface area contributed by atoms with Crippen molar-refractivity contribution < 1.29 is 19.0 Å². The number of ether oxygens (including phenoxy) is 1. The van der Waals surface area contributed by atoms with Gasteiger partial charge in [-0.1, -0.05) is 0 Å². The Morgan fingerprint density at radius 1 is 2.00 bits per heavy atom. The topological polar surface area (TPSA) is 46.5 Å². The predicted molar refractivity (Wildman–Crippen MR) is 31.1 cm³/mol. The second-order valence-corrected chi connectivity index (χ2v) is 2.61. The molecule has 1 saturated heterocycles. The largest absolute Gasteiger partial charge is 0.457 e. The fraction of sp³-hybridized carbons (Fsp3) is 0.833. The van der Waals surface area contributed by atoms with Gasteiger partial charge in [0.1, 0.15) is 6.10 Å². The Morgan fingerprint density at radius 3 is 2.80 bits per heavy atom. The van der Waals surface area contributed by atoms with Gasteiger partial charge in [0.25, 0.3) is 0 Å². The smallest absolute Gasteiger partial charge is 0.344 e. The van der Waals surface area contributed by atoms with Gasteiger partial charge in [0.05, 0.1) is 6.61 Å². The lowest BCUT2D eigenvalue weighted by molar-refractivity contribution is -0.150. The van der Waals surface area contributed by atoms with Gasteiger partial charge in [-0.2, -0.15) is 0 Å². The van der Waals surface area contributed by atoms with Crippen molar-refractivity contribution in [1.29, 1.82) is 0 Å². The lowest BCUT2D eigenvalue weighted by Crippen LogP contribution is -2.23. The third kappa shape index (κ3) is 1.11. The van der Waals surface area contributed by atoms with Crippen molar-refractivity contribution in [3.63, 3.8) is 0 Å². The van der Waals surface area contributed by atoms with Crippen molar-refractivity contribution in [3.8, 4) is 0 Å². The van der Waals surface area contributed by atoms with Crippen LogP contribution in [-0.2, 0) is 9.53 Å². The average molecular weight is 148 g/mol. The van der Waals surface area contributed by atoms with Crippen LogP contribution in [-0.4, -0.2) is 29.5 Å². The van der Waals surface area contributed by atoms with Crippen molar-refractivity contribution in [1.82, 2.24) is 0 Å². The zero-order valence-corrected chi connectivity index (χ0v) is 5.63. The zero-order chi connectivity index (χ0) is 7.78. The molecule has 2 unspecified atom stereocenters. The molecule has 58 valence electrons. The number of cyclic esters (lactones) is 1. The number of rotatable bonds is 1. The van der Waals surface area contributed by atoms with Gasteiger partial charge in [-0.05, 0) is 6.92 Å². The molecule has 10 heavy (non-hydrogen) atoms. The van der Waals surface area contributed by atoms with Crippen LogP contribution in [0.2, 0.25) is 0 Å². The Balaban J connectivity index is 2.62. The molecule has 0 aliphatic carbocycles. The summed E-state index contributed by atoms with van der Waals surface area (Å²) < 4.78 is 17.3. The highest BCUT2D eigenvalue weighted by atomic mass is 19.1. The number of aliphatic hydroxyl groups is 1. The molecule has 0 bridgehead atoms. The molecule has 0 aromatic carbocycles. The highest BCUT2D eigenvalue weighted by Crippen LogP contribution is 2.28. The molecule has 0 saturated carbocycles. The Morgan fingerprint density at radius 2 is 2.60 bits per heavy atom. The van der Waals surface area contributed by atoms with E-state index < -0.39 is 17.7 Å². The van der Waals surface area contributed by atoms with E-state index in [4.69, 9.17) is 5.11 Å². The quantitative estimate of drug-likeness (QED) is 0.533. The minimum atomic E-state index is -1.90. The molecular formula is C6H9FO3. The average Bonchev–Trinajstić information content (AvgIpc) is 2.08. The van der Waals surface area contributed by atoms with Gasteiger partial charge >= 0.3 is 5.97 Å². The van der Waals surface area contributed by atoms with E-state index in [0.29, 0.717) is 0 Å². The van der Waals surface area contributed by atoms with E-state index in [1.807, 2.05) is 0 Å². The van der Waals surface area contributed by atoms with Crippen LogP contribution in [0, 0.1) is 0 Å². The molecule has 3 nitrogen and oxygen atoms in total. The number of carbonyl (C=O) groups is 1. The molecule has 4 heteroatoms. The molecule has 1 aliphatic rings. The van der Waals surface area contributed by atoms with Crippen molar-refractivity contribution in [2.24, 2.45) is 0 Å². The summed E-state index contributed by atoms with van der Waals surface area (Å²) in [6, 6.07) is 0. The van der Waals surface area contributed by atoms with Crippen LogP contribution in [0.4, 0.5) is 4.39 Å². The highest BCUT2D eigenvalue weighted by Gasteiger charge is 2.45. The van der Waals surface area contributed by atoms with Gasteiger partial charge in [-0.3, -0.25) is 0 Å². The Bertz CT molecular complexity index is 155. The summed E-state index contributed by atoms with van der Waals surface area (Å²) in [5.74, 6) is -0.869. The Hall–Kier alpha value is -0.640. The first kappa shape index (κ1) is 7.47. The van der Waals surface area contributed by atoms with Gasteiger partial charge in [0.15, 0.2) is 0 Å². The zero-order valence-electron chi connectivity index (χ0n) is 5.63. The SMILES string of the molecule is CC1(F)CC(CO)OC1=O. The van der Waals surface area contributed by atoms with Crippen LogP contribution < -0.4 is 0 Å². The van der Waals surface area contributed by atoms with Gasteiger partial charge < -0.3 is 9.84 Å². The molecule has 0 spiro atoms. The van der Waals surface area contributed by atoms with E-state index in [0.717, 1.165) is 6.92 Å². The molecule has 1 N–H and O–H groups in total. The molecular weight excluding hydrogens is 139 g/mol. The van der Waals surface area contributed by atoms with Crippen LogP contribution in [0.25, 0.3) is 0 Å². The van der Waals surface area contributed by atoms with E-state index in [2.05, 4.69) is 4.74 Å². The molecule has 2 atom stereocenters. The summed E-state index contributed by atoms with van der Waals surface area (Å²) in [5.41, 5.74) is -1.90. The molecule has 0 radical (unpaired) electrons. The fourth-order valence-corrected chi connectivity index (χ4v) is 0.929. The van der Waals surface area contributed by atoms with E-state index in [-0.39, 0.29) is 13.0 Å². The summed E-state index contributed by atoms with van der Waals surface area (Å²) in [7, 11) is 0. The molecule has 0 aromatic heterocycles. The maximum Gasteiger partial charge on any atom is 0.344 e. The Kier molecular flexibility index (Phi) is 1.64. The second kappa shape index (κ2) is 2.20. The first-order valence-corrected chi connectivity index (χ1v) is 3.07. The lowest BCUT2D eigenvalue weighted by Gasteiger charge is -2.03. The maximum absolute atomic E-state index is 12.9. The minimum Gasteiger partial charge on any atom is -0.457 e. The van der Waals surface area contributed by atoms with E-state index in [1.165, 1.54) is 0 Å². The van der Waals surface area contributed by atoms with Crippen molar-refractivity contribution >= 4 is 5.97 Å². The maximum atomic E-state index is 12.9. The van der Waals surface area contributed by atoms with Gasteiger partial charge in [0.2, 0.25) is 5.67 Å². The first-order valence-electron chi connectivity index (χ1n) is 3.07. The van der Waals surface area contributed by atoms with Crippen LogP contribution >= 0.6 is 0 Å². The number of alkyl halides is 1. The third-order valence-electron chi connectivity index (χ3n) is 1.51. The van der Waals surface area contributed by atoms with Crippen LogP contribution in [0.1, 0.15) is 13.3 Å². The molecule has 1 heterocycles. The van der Waals surface area contributed by atoms with Crippen LogP contribution in [0.3, 0.4) is 0 Å².